The highest BCUT2D eigenvalue weighted by Gasteiger charge is 2.61. The van der Waals surface area contributed by atoms with E-state index in [1.807, 2.05) is 0 Å². The zero-order chi connectivity index (χ0) is 14.8. The Kier molecular flexibility index (Phi) is 4.01. The molecule has 1 aliphatic rings. The molecule has 3 nitrogen and oxygen atoms in total. The van der Waals surface area contributed by atoms with E-state index >= 15 is 0 Å². The van der Waals surface area contributed by atoms with Crippen LogP contribution in [0.3, 0.4) is 0 Å². The monoisotopic (exact) mass is 286 g/mol. The largest absolute Gasteiger partial charge is 0.411 e. The van der Waals surface area contributed by atoms with Crippen molar-refractivity contribution >= 4 is 5.91 Å². The first-order chi connectivity index (χ1) is 9.42. The Morgan fingerprint density at radius 2 is 2.20 bits per heavy atom. The van der Waals surface area contributed by atoms with Crippen LogP contribution in [-0.2, 0) is 0 Å². The number of carbonyl (C=O) groups is 1. The Labute approximate surface area is 115 Å². The van der Waals surface area contributed by atoms with Gasteiger partial charge < -0.3 is 4.90 Å². The van der Waals surface area contributed by atoms with Crippen molar-refractivity contribution in [1.82, 2.24) is 9.88 Å². The molecule has 1 saturated heterocycles. The van der Waals surface area contributed by atoms with Gasteiger partial charge in [0.2, 0.25) is 0 Å². The van der Waals surface area contributed by atoms with Crippen LogP contribution in [0, 0.1) is 0 Å². The summed E-state index contributed by atoms with van der Waals surface area (Å²) in [5.74, 6) is -0.631. The van der Waals surface area contributed by atoms with Gasteiger partial charge in [-0.1, -0.05) is 19.4 Å². The number of alkyl halides is 3. The second-order valence-corrected chi connectivity index (χ2v) is 5.05. The van der Waals surface area contributed by atoms with Crippen molar-refractivity contribution in [1.29, 1.82) is 0 Å². The number of amides is 1. The van der Waals surface area contributed by atoms with Gasteiger partial charge >= 0.3 is 6.18 Å². The van der Waals surface area contributed by atoms with E-state index in [4.69, 9.17) is 0 Å². The fourth-order valence-electron chi connectivity index (χ4n) is 2.91. The Balaban J connectivity index is 2.36. The average Bonchev–Trinajstić information content (AvgIpc) is 2.84. The summed E-state index contributed by atoms with van der Waals surface area (Å²) in [5, 5.41) is 0. The van der Waals surface area contributed by atoms with Gasteiger partial charge in [0.1, 0.15) is 11.2 Å². The van der Waals surface area contributed by atoms with Crippen LogP contribution < -0.4 is 0 Å². The number of aromatic nitrogens is 1. The third-order valence-electron chi connectivity index (χ3n) is 3.81. The van der Waals surface area contributed by atoms with Gasteiger partial charge in [0.25, 0.3) is 5.91 Å². The first-order valence-electron chi connectivity index (χ1n) is 6.72. The van der Waals surface area contributed by atoms with Crippen LogP contribution >= 0.6 is 0 Å². The van der Waals surface area contributed by atoms with E-state index in [1.54, 1.807) is 19.1 Å². The lowest BCUT2D eigenvalue weighted by Crippen LogP contribution is -2.57. The molecule has 1 amide bonds. The summed E-state index contributed by atoms with van der Waals surface area (Å²) in [6.07, 6.45) is -2.33. The molecule has 1 aliphatic heterocycles. The first-order valence-corrected chi connectivity index (χ1v) is 6.72. The molecule has 0 saturated carbocycles. The molecule has 1 aromatic rings. The molecule has 1 aromatic heterocycles. The van der Waals surface area contributed by atoms with Gasteiger partial charge in [0, 0.05) is 12.7 Å². The van der Waals surface area contributed by atoms with Crippen LogP contribution in [0.1, 0.15) is 43.1 Å². The highest BCUT2D eigenvalue weighted by molar-refractivity contribution is 5.93. The zero-order valence-electron chi connectivity index (χ0n) is 11.3. The molecule has 2 rings (SSSR count). The number of likely N-dealkylation sites (tertiary alicyclic amines) is 1. The minimum atomic E-state index is -4.41. The van der Waals surface area contributed by atoms with E-state index in [9.17, 15) is 18.0 Å². The van der Waals surface area contributed by atoms with Crippen molar-refractivity contribution in [2.75, 3.05) is 6.54 Å². The predicted octanol–water partition coefficient (Wildman–Crippen LogP) is 3.42. The topological polar surface area (TPSA) is 33.2 Å². The van der Waals surface area contributed by atoms with Crippen molar-refractivity contribution in [3.05, 3.63) is 30.1 Å². The highest BCUT2D eigenvalue weighted by Crippen LogP contribution is 2.46. The summed E-state index contributed by atoms with van der Waals surface area (Å²) in [6.45, 7) is 1.84. The molecule has 1 unspecified atom stereocenters. The predicted molar refractivity (Wildman–Crippen MR) is 68.2 cm³/mol. The summed E-state index contributed by atoms with van der Waals surface area (Å²) >= 11 is 0. The smallest absolute Gasteiger partial charge is 0.323 e. The second kappa shape index (κ2) is 5.42. The molecule has 6 heteroatoms. The van der Waals surface area contributed by atoms with Crippen molar-refractivity contribution in [2.24, 2.45) is 0 Å². The fraction of sp³-hybridized carbons (Fsp3) is 0.571. The summed E-state index contributed by atoms with van der Waals surface area (Å²) < 4.78 is 40.5. The number of rotatable bonds is 3. The number of halogens is 3. The molecule has 0 N–H and O–H groups in total. The minimum Gasteiger partial charge on any atom is -0.323 e. The standard InChI is InChI=1S/C14H17F3N2O/c1-2-7-13(14(15,16)17)8-5-10-19(13)12(20)11-6-3-4-9-18-11/h3-4,6,9H,2,5,7-8,10H2,1H3. The van der Waals surface area contributed by atoms with Crippen molar-refractivity contribution < 1.29 is 18.0 Å². The normalized spacial score (nSPS) is 23.1. The third kappa shape index (κ3) is 2.39. The lowest BCUT2D eigenvalue weighted by molar-refractivity contribution is -0.217. The maximum absolute atomic E-state index is 13.5. The van der Waals surface area contributed by atoms with E-state index in [1.165, 1.54) is 12.3 Å². The minimum absolute atomic E-state index is 0.0249. The number of carbonyl (C=O) groups excluding carboxylic acids is 1. The Morgan fingerprint density at radius 1 is 1.45 bits per heavy atom. The lowest BCUT2D eigenvalue weighted by atomic mass is 9.89. The molecule has 110 valence electrons. The molecule has 0 aliphatic carbocycles. The van der Waals surface area contributed by atoms with Crippen LogP contribution in [0.2, 0.25) is 0 Å². The molecule has 1 atom stereocenters. The maximum atomic E-state index is 13.5. The number of hydrogen-bond donors (Lipinski definition) is 0. The van der Waals surface area contributed by atoms with Gasteiger partial charge in [-0.05, 0) is 31.4 Å². The molecule has 20 heavy (non-hydrogen) atoms. The number of pyridine rings is 1. The lowest BCUT2D eigenvalue weighted by Gasteiger charge is -2.39. The van der Waals surface area contributed by atoms with E-state index in [0.717, 1.165) is 4.90 Å². The zero-order valence-corrected chi connectivity index (χ0v) is 11.3. The van der Waals surface area contributed by atoms with Gasteiger partial charge in [-0.2, -0.15) is 13.2 Å². The van der Waals surface area contributed by atoms with E-state index in [-0.39, 0.29) is 25.1 Å². The Morgan fingerprint density at radius 3 is 2.75 bits per heavy atom. The van der Waals surface area contributed by atoms with Crippen molar-refractivity contribution in [3.63, 3.8) is 0 Å². The van der Waals surface area contributed by atoms with Gasteiger partial charge in [-0.25, -0.2) is 0 Å². The molecular weight excluding hydrogens is 269 g/mol. The summed E-state index contributed by atoms with van der Waals surface area (Å²) in [6, 6.07) is 4.68. The first kappa shape index (κ1) is 14.8. The summed E-state index contributed by atoms with van der Waals surface area (Å²) in [7, 11) is 0. The maximum Gasteiger partial charge on any atom is 0.411 e. The average molecular weight is 286 g/mol. The quantitative estimate of drug-likeness (QED) is 0.853. The highest BCUT2D eigenvalue weighted by atomic mass is 19.4. The van der Waals surface area contributed by atoms with Crippen LogP contribution in [-0.4, -0.2) is 34.1 Å². The van der Waals surface area contributed by atoms with Crippen LogP contribution in [0.4, 0.5) is 13.2 Å². The number of nitrogens with zero attached hydrogens (tertiary/aromatic N) is 2. The summed E-state index contributed by atoms with van der Waals surface area (Å²) in [5.41, 5.74) is -1.96. The van der Waals surface area contributed by atoms with Crippen molar-refractivity contribution in [2.45, 2.75) is 44.3 Å². The number of hydrogen-bond acceptors (Lipinski definition) is 2. The molecule has 2 heterocycles. The fourth-order valence-corrected chi connectivity index (χ4v) is 2.91. The molecule has 0 radical (unpaired) electrons. The van der Waals surface area contributed by atoms with Crippen molar-refractivity contribution in [3.8, 4) is 0 Å². The van der Waals surface area contributed by atoms with E-state index in [2.05, 4.69) is 4.98 Å². The van der Waals surface area contributed by atoms with Gasteiger partial charge in [-0.3, -0.25) is 9.78 Å². The van der Waals surface area contributed by atoms with E-state index < -0.39 is 17.6 Å². The summed E-state index contributed by atoms with van der Waals surface area (Å²) in [4.78, 5) is 17.2. The van der Waals surface area contributed by atoms with E-state index in [0.29, 0.717) is 12.8 Å². The molecule has 1 fully saturated rings. The Hall–Kier alpha value is -1.59. The molecule has 0 aromatic carbocycles. The van der Waals surface area contributed by atoms with Crippen LogP contribution in [0.25, 0.3) is 0 Å². The second-order valence-electron chi connectivity index (χ2n) is 5.05. The SMILES string of the molecule is CCCC1(C(F)(F)F)CCCN1C(=O)c1ccccn1. The van der Waals surface area contributed by atoms with Gasteiger partial charge in [-0.15, -0.1) is 0 Å². The van der Waals surface area contributed by atoms with Crippen LogP contribution in [0.5, 0.6) is 0 Å². The molecule has 0 bridgehead atoms. The van der Waals surface area contributed by atoms with Gasteiger partial charge in [0.05, 0.1) is 0 Å². The Bertz CT molecular complexity index is 475. The van der Waals surface area contributed by atoms with Gasteiger partial charge in [0.15, 0.2) is 0 Å². The third-order valence-corrected chi connectivity index (χ3v) is 3.81. The van der Waals surface area contributed by atoms with Crippen LogP contribution in [0.15, 0.2) is 24.4 Å². The molecular formula is C14H17F3N2O. The molecule has 0 spiro atoms.